The van der Waals surface area contributed by atoms with Gasteiger partial charge in [-0.1, -0.05) is 0 Å². The molecule has 0 saturated heterocycles. The molecule has 0 aliphatic rings. The van der Waals surface area contributed by atoms with Gasteiger partial charge in [-0.2, -0.15) is 0 Å². The van der Waals surface area contributed by atoms with Gasteiger partial charge in [-0.25, -0.2) is 0 Å². The number of hydrogen-bond acceptors (Lipinski definition) is 0. The van der Waals surface area contributed by atoms with E-state index < -0.39 is 0 Å². The van der Waals surface area contributed by atoms with Crippen molar-refractivity contribution in [3.05, 3.63) is 29.0 Å². The molecule has 10 heavy (non-hydrogen) atoms. The molecule has 0 nitrogen and oxygen atoms in total. The van der Waals surface area contributed by atoms with Crippen molar-refractivity contribution in [3.8, 4) is 0 Å². The zero-order valence-corrected chi connectivity index (χ0v) is 11.2. The molecule has 0 aromatic heterocycles. The van der Waals surface area contributed by atoms with Crippen molar-refractivity contribution in [3.63, 3.8) is 0 Å². The van der Waals surface area contributed by atoms with Crippen molar-refractivity contribution < 1.29 is 22.7 Å². The Kier molecular flexibility index (Phi) is 4.99. The van der Waals surface area contributed by atoms with Crippen LogP contribution < -0.4 is 4.16 Å². The van der Waals surface area contributed by atoms with Crippen LogP contribution in [0.15, 0.2) is 18.2 Å². The van der Waals surface area contributed by atoms with Gasteiger partial charge >= 0.3 is 67.5 Å². The van der Waals surface area contributed by atoms with E-state index in [0.717, 1.165) is 22.5 Å². The third kappa shape index (κ3) is 2.81. The van der Waals surface area contributed by atoms with Crippen LogP contribution in [0.4, 0.5) is 4.39 Å². The monoisotopic (exact) mass is 321 g/mol. The maximum atomic E-state index is 12.4. The largest absolute Gasteiger partial charge is 0.107 e. The molecule has 0 radical (unpaired) electrons. The summed E-state index contributed by atoms with van der Waals surface area (Å²) < 4.78 is 13.5. The van der Waals surface area contributed by atoms with Gasteiger partial charge in [0.2, 0.25) is 0 Å². The molecule has 0 bridgehead atoms. The topological polar surface area (TPSA) is 0 Å². The third-order valence-corrected chi connectivity index (χ3v) is 2.20. The summed E-state index contributed by atoms with van der Waals surface area (Å²) in [6.45, 7) is 0. The molecular weight excluding hydrogens is 319 g/mol. The molecule has 0 heterocycles. The summed E-state index contributed by atoms with van der Waals surface area (Å²) in [7, 11) is 0. The molecule has 0 aliphatic heterocycles. The van der Waals surface area contributed by atoms with Crippen LogP contribution in [0.25, 0.3) is 0 Å². The van der Waals surface area contributed by atoms with Crippen LogP contribution in [0, 0.1) is 5.82 Å². The van der Waals surface area contributed by atoms with Crippen LogP contribution in [0.5, 0.6) is 0 Å². The van der Waals surface area contributed by atoms with Gasteiger partial charge in [-0.05, 0) is 0 Å². The van der Waals surface area contributed by atoms with E-state index >= 15 is 0 Å². The van der Waals surface area contributed by atoms with E-state index in [1.165, 1.54) is 6.07 Å². The Bertz CT molecular complexity index is 229. The van der Waals surface area contributed by atoms with Crippen molar-refractivity contribution >= 4 is 39.7 Å². The van der Waals surface area contributed by atoms with Crippen molar-refractivity contribution in [2.75, 3.05) is 0 Å². The molecule has 0 spiro atoms. The zero-order valence-electron chi connectivity index (χ0n) is 5.10. The SMILES string of the molecule is Fc1cc[c]([Zn])cc1Cl.I. The average molecular weight is 323 g/mol. The second kappa shape index (κ2) is 4.63. The molecule has 0 atom stereocenters. The van der Waals surface area contributed by atoms with Gasteiger partial charge < -0.3 is 0 Å². The average Bonchev–Trinajstić information content (AvgIpc) is 1.80. The number of benzene rings is 1. The molecular formula is C6H4ClFIZn. The van der Waals surface area contributed by atoms with Crippen molar-refractivity contribution in [2.24, 2.45) is 0 Å². The fourth-order valence-electron chi connectivity index (χ4n) is 0.540. The number of rotatable bonds is 0. The Morgan fingerprint density at radius 3 is 2.40 bits per heavy atom. The summed E-state index contributed by atoms with van der Waals surface area (Å²) in [4.78, 5) is 0. The van der Waals surface area contributed by atoms with E-state index in [2.05, 4.69) is 0 Å². The van der Waals surface area contributed by atoms with Gasteiger partial charge in [0, 0.05) is 0 Å². The first kappa shape index (κ1) is 10.8. The van der Waals surface area contributed by atoms with Crippen LogP contribution in [0.3, 0.4) is 0 Å². The number of halogens is 3. The maximum Gasteiger partial charge on any atom is -0.107 e. The molecule has 0 amide bonds. The molecule has 1 aromatic rings. The summed E-state index contributed by atoms with van der Waals surface area (Å²) in [5.74, 6) is -0.339. The van der Waals surface area contributed by atoms with Crippen LogP contribution in [0.2, 0.25) is 5.02 Å². The van der Waals surface area contributed by atoms with Gasteiger partial charge in [0.15, 0.2) is 0 Å². The minimum absolute atomic E-state index is 0. The predicted molar refractivity (Wildman–Crippen MR) is 46.5 cm³/mol. The predicted octanol–water partition coefficient (Wildman–Crippen LogP) is 2.27. The Morgan fingerprint density at radius 1 is 1.40 bits per heavy atom. The first-order valence-corrected chi connectivity index (χ1v) is 4.33. The minimum atomic E-state index is -0.339. The normalized spacial score (nSPS) is 8.80. The van der Waals surface area contributed by atoms with E-state index in [1.807, 2.05) is 0 Å². The summed E-state index contributed by atoms with van der Waals surface area (Å²) in [5, 5.41) is 0.221. The molecule has 1 rings (SSSR count). The van der Waals surface area contributed by atoms with Crippen LogP contribution in [-0.4, -0.2) is 0 Å². The quantitative estimate of drug-likeness (QED) is 0.508. The summed E-state index contributed by atoms with van der Waals surface area (Å²) in [5.41, 5.74) is 0. The number of hydrogen-bond donors (Lipinski definition) is 0. The summed E-state index contributed by atoms with van der Waals surface area (Å²) >= 11 is 6.47. The standard InChI is InChI=1S/C6H3ClF.HI.Zn/c7-5-3-1-2-4-6(5)8;;/h2-4H;1H;. The van der Waals surface area contributed by atoms with Gasteiger partial charge in [0.25, 0.3) is 0 Å². The van der Waals surface area contributed by atoms with E-state index in [4.69, 9.17) is 11.6 Å². The minimum Gasteiger partial charge on any atom is -0.107 e. The fourth-order valence-corrected chi connectivity index (χ4v) is 1.69. The molecule has 0 fully saturated rings. The van der Waals surface area contributed by atoms with Crippen molar-refractivity contribution in [2.45, 2.75) is 0 Å². The Morgan fingerprint density at radius 2 is 2.00 bits per heavy atom. The zero-order chi connectivity index (χ0) is 6.85. The van der Waals surface area contributed by atoms with Gasteiger partial charge in [-0.3, -0.25) is 0 Å². The molecule has 51 valence electrons. The van der Waals surface area contributed by atoms with Crippen LogP contribution >= 0.6 is 35.6 Å². The van der Waals surface area contributed by atoms with Gasteiger partial charge in [0.1, 0.15) is 0 Å². The second-order valence-electron chi connectivity index (χ2n) is 1.75. The van der Waals surface area contributed by atoms with Crippen molar-refractivity contribution in [1.82, 2.24) is 0 Å². The maximum absolute atomic E-state index is 12.4. The van der Waals surface area contributed by atoms with Crippen LogP contribution in [-0.2, 0) is 18.3 Å². The molecule has 0 unspecified atom stereocenters. The molecule has 1 aromatic carbocycles. The van der Waals surface area contributed by atoms with Gasteiger partial charge in [-0.15, -0.1) is 24.0 Å². The molecule has 0 aliphatic carbocycles. The first-order chi connectivity index (χ1) is 4.20. The Balaban J connectivity index is 0.000000810. The molecule has 0 N–H and O–H groups in total. The second-order valence-corrected chi connectivity index (χ2v) is 3.87. The molecule has 4 heteroatoms. The smallest absolute Gasteiger partial charge is 0.107 e. The first-order valence-electron chi connectivity index (χ1n) is 2.47. The van der Waals surface area contributed by atoms with Gasteiger partial charge in [0.05, 0.1) is 0 Å². The van der Waals surface area contributed by atoms with E-state index in [9.17, 15) is 4.39 Å². The van der Waals surface area contributed by atoms with E-state index in [1.54, 1.807) is 12.1 Å². The van der Waals surface area contributed by atoms with Crippen LogP contribution in [0.1, 0.15) is 0 Å². The third-order valence-electron chi connectivity index (χ3n) is 0.984. The fraction of sp³-hybridized carbons (Fsp3) is 0. The van der Waals surface area contributed by atoms with E-state index in [0.29, 0.717) is 0 Å². The van der Waals surface area contributed by atoms with Crippen molar-refractivity contribution in [1.29, 1.82) is 0 Å². The Hall–Kier alpha value is 0.793. The van der Waals surface area contributed by atoms with E-state index in [-0.39, 0.29) is 34.8 Å². The summed E-state index contributed by atoms with van der Waals surface area (Å²) in [6, 6.07) is 4.78. The summed E-state index contributed by atoms with van der Waals surface area (Å²) in [6.07, 6.45) is 0. The molecule has 0 saturated carbocycles. The Labute approximate surface area is 90.8 Å².